The van der Waals surface area contributed by atoms with Crippen LogP contribution in [0.5, 0.6) is 5.75 Å². The predicted octanol–water partition coefficient (Wildman–Crippen LogP) is 3.49. The van der Waals surface area contributed by atoms with E-state index in [1.807, 2.05) is 25.1 Å². The number of nitrogens with zero attached hydrogens (tertiary/aromatic N) is 1. The van der Waals surface area contributed by atoms with E-state index in [0.29, 0.717) is 6.61 Å². The molecular weight excluding hydrogens is 256 g/mol. The second kappa shape index (κ2) is 6.68. The highest BCUT2D eigenvalue weighted by molar-refractivity contribution is 7.09. The lowest BCUT2D eigenvalue weighted by molar-refractivity contribution is 0.307. The van der Waals surface area contributed by atoms with E-state index in [2.05, 4.69) is 35.6 Å². The second-order valence-electron chi connectivity index (χ2n) is 4.63. The van der Waals surface area contributed by atoms with Crippen molar-refractivity contribution in [3.63, 3.8) is 0 Å². The molecular formula is C15H20N2OS. The second-order valence-corrected chi connectivity index (χ2v) is 5.69. The maximum atomic E-state index is 5.70. The quantitative estimate of drug-likeness (QED) is 0.820. The zero-order valence-corrected chi connectivity index (χ0v) is 12.5. The van der Waals surface area contributed by atoms with E-state index in [1.54, 1.807) is 11.3 Å². The molecule has 1 atom stereocenters. The van der Waals surface area contributed by atoms with Gasteiger partial charge < -0.3 is 10.1 Å². The first-order chi connectivity index (χ1) is 9.15. The number of rotatable bonds is 6. The summed E-state index contributed by atoms with van der Waals surface area (Å²) in [7, 11) is 0. The molecule has 0 aliphatic heterocycles. The molecule has 0 amide bonds. The van der Waals surface area contributed by atoms with Crippen LogP contribution in [0, 0.1) is 13.8 Å². The van der Waals surface area contributed by atoms with E-state index in [0.717, 1.165) is 23.0 Å². The third kappa shape index (κ3) is 4.33. The van der Waals surface area contributed by atoms with Crippen LogP contribution in [-0.4, -0.2) is 18.1 Å². The van der Waals surface area contributed by atoms with Gasteiger partial charge in [0.1, 0.15) is 12.4 Å². The van der Waals surface area contributed by atoms with Crippen LogP contribution in [0.15, 0.2) is 29.6 Å². The standard InChI is InChI=1S/C15H20N2OS/c1-11-5-4-6-14(9-11)18-8-7-16-12(2)15-10-19-13(3)17-15/h4-6,9-10,12,16H,7-8H2,1-3H3. The lowest BCUT2D eigenvalue weighted by Crippen LogP contribution is -2.24. The van der Waals surface area contributed by atoms with Gasteiger partial charge in [-0.3, -0.25) is 0 Å². The predicted molar refractivity (Wildman–Crippen MR) is 79.9 cm³/mol. The van der Waals surface area contributed by atoms with Crippen molar-refractivity contribution in [2.24, 2.45) is 0 Å². The molecule has 1 aromatic heterocycles. The number of ether oxygens (including phenoxy) is 1. The Morgan fingerprint density at radius 2 is 2.21 bits per heavy atom. The van der Waals surface area contributed by atoms with Crippen LogP contribution in [0.25, 0.3) is 0 Å². The number of hydrogen-bond donors (Lipinski definition) is 1. The maximum Gasteiger partial charge on any atom is 0.119 e. The van der Waals surface area contributed by atoms with Crippen LogP contribution in [0.2, 0.25) is 0 Å². The molecule has 2 rings (SSSR count). The summed E-state index contributed by atoms with van der Waals surface area (Å²) in [6, 6.07) is 8.38. The summed E-state index contributed by atoms with van der Waals surface area (Å²) in [5.74, 6) is 0.930. The number of benzene rings is 1. The van der Waals surface area contributed by atoms with Crippen molar-refractivity contribution in [1.82, 2.24) is 10.3 Å². The molecule has 1 N–H and O–H groups in total. The van der Waals surface area contributed by atoms with Crippen LogP contribution in [0.3, 0.4) is 0 Å². The van der Waals surface area contributed by atoms with Crippen LogP contribution in [0.1, 0.15) is 29.2 Å². The largest absolute Gasteiger partial charge is 0.492 e. The summed E-state index contributed by atoms with van der Waals surface area (Å²) >= 11 is 1.69. The van der Waals surface area contributed by atoms with Gasteiger partial charge in [0.05, 0.1) is 10.7 Å². The van der Waals surface area contributed by atoms with Gasteiger partial charge in [-0.15, -0.1) is 11.3 Å². The number of nitrogens with one attached hydrogen (secondary N) is 1. The average Bonchev–Trinajstić information content (AvgIpc) is 2.81. The molecule has 0 bridgehead atoms. The van der Waals surface area contributed by atoms with Gasteiger partial charge in [-0.25, -0.2) is 4.98 Å². The Morgan fingerprint density at radius 1 is 1.37 bits per heavy atom. The summed E-state index contributed by atoms with van der Waals surface area (Å²) < 4.78 is 5.70. The van der Waals surface area contributed by atoms with Crippen molar-refractivity contribution in [3.05, 3.63) is 45.9 Å². The first kappa shape index (κ1) is 14.0. The fraction of sp³-hybridized carbons (Fsp3) is 0.400. The molecule has 19 heavy (non-hydrogen) atoms. The van der Waals surface area contributed by atoms with Gasteiger partial charge >= 0.3 is 0 Å². The Labute approximate surface area is 118 Å². The molecule has 3 nitrogen and oxygen atoms in total. The van der Waals surface area contributed by atoms with Crippen LogP contribution in [-0.2, 0) is 0 Å². The SMILES string of the molecule is Cc1cccc(OCCNC(C)c2csc(C)n2)c1. The highest BCUT2D eigenvalue weighted by Crippen LogP contribution is 2.15. The number of hydrogen-bond acceptors (Lipinski definition) is 4. The summed E-state index contributed by atoms with van der Waals surface area (Å²) in [5.41, 5.74) is 2.33. The highest BCUT2D eigenvalue weighted by Gasteiger charge is 2.07. The number of aryl methyl sites for hydroxylation is 2. The molecule has 1 heterocycles. The van der Waals surface area contributed by atoms with Crippen LogP contribution >= 0.6 is 11.3 Å². The topological polar surface area (TPSA) is 34.1 Å². The lowest BCUT2D eigenvalue weighted by Gasteiger charge is -2.12. The monoisotopic (exact) mass is 276 g/mol. The van der Waals surface area contributed by atoms with Gasteiger partial charge in [0.15, 0.2) is 0 Å². The molecule has 0 fully saturated rings. The fourth-order valence-corrected chi connectivity index (χ4v) is 2.54. The Kier molecular flexibility index (Phi) is 4.93. The fourth-order valence-electron chi connectivity index (χ4n) is 1.83. The van der Waals surface area contributed by atoms with E-state index < -0.39 is 0 Å². The minimum absolute atomic E-state index is 0.269. The zero-order chi connectivity index (χ0) is 13.7. The minimum Gasteiger partial charge on any atom is -0.492 e. The molecule has 0 aliphatic rings. The smallest absolute Gasteiger partial charge is 0.119 e. The van der Waals surface area contributed by atoms with Gasteiger partial charge in [-0.2, -0.15) is 0 Å². The number of aromatic nitrogens is 1. The van der Waals surface area contributed by atoms with Gasteiger partial charge in [-0.05, 0) is 38.5 Å². The summed E-state index contributed by atoms with van der Waals surface area (Å²) in [6.45, 7) is 7.70. The zero-order valence-electron chi connectivity index (χ0n) is 11.6. The van der Waals surface area contributed by atoms with Crippen LogP contribution in [0.4, 0.5) is 0 Å². The maximum absolute atomic E-state index is 5.70. The van der Waals surface area contributed by atoms with Crippen molar-refractivity contribution in [2.75, 3.05) is 13.2 Å². The highest BCUT2D eigenvalue weighted by atomic mass is 32.1. The average molecular weight is 276 g/mol. The van der Waals surface area contributed by atoms with E-state index >= 15 is 0 Å². The summed E-state index contributed by atoms with van der Waals surface area (Å²) in [5, 5.41) is 6.63. The first-order valence-corrected chi connectivity index (χ1v) is 7.38. The molecule has 0 saturated heterocycles. The molecule has 0 radical (unpaired) electrons. The number of thiazole rings is 1. The van der Waals surface area contributed by atoms with Crippen molar-refractivity contribution in [3.8, 4) is 5.75 Å². The Balaban J connectivity index is 1.72. The van der Waals surface area contributed by atoms with Crippen molar-refractivity contribution in [2.45, 2.75) is 26.8 Å². The van der Waals surface area contributed by atoms with E-state index in [4.69, 9.17) is 4.74 Å². The van der Waals surface area contributed by atoms with Crippen molar-refractivity contribution in [1.29, 1.82) is 0 Å². The van der Waals surface area contributed by atoms with E-state index in [9.17, 15) is 0 Å². The van der Waals surface area contributed by atoms with Crippen molar-refractivity contribution >= 4 is 11.3 Å². The molecule has 2 aromatic rings. The van der Waals surface area contributed by atoms with Gasteiger partial charge in [0, 0.05) is 18.0 Å². The molecule has 1 unspecified atom stereocenters. The first-order valence-electron chi connectivity index (χ1n) is 6.50. The Morgan fingerprint density at radius 3 is 2.89 bits per heavy atom. The van der Waals surface area contributed by atoms with Gasteiger partial charge in [0.25, 0.3) is 0 Å². The molecule has 0 aliphatic carbocycles. The molecule has 102 valence electrons. The minimum atomic E-state index is 0.269. The Hall–Kier alpha value is -1.39. The third-order valence-electron chi connectivity index (χ3n) is 2.89. The molecule has 0 saturated carbocycles. The summed E-state index contributed by atoms with van der Waals surface area (Å²) in [4.78, 5) is 4.47. The van der Waals surface area contributed by atoms with E-state index in [-0.39, 0.29) is 6.04 Å². The normalized spacial score (nSPS) is 12.4. The van der Waals surface area contributed by atoms with Gasteiger partial charge in [0.2, 0.25) is 0 Å². The Bertz CT molecular complexity index is 524. The van der Waals surface area contributed by atoms with Gasteiger partial charge in [-0.1, -0.05) is 12.1 Å². The third-order valence-corrected chi connectivity index (χ3v) is 3.68. The molecule has 0 spiro atoms. The molecule has 4 heteroatoms. The van der Waals surface area contributed by atoms with E-state index in [1.165, 1.54) is 5.56 Å². The summed E-state index contributed by atoms with van der Waals surface area (Å²) in [6.07, 6.45) is 0. The molecule has 1 aromatic carbocycles. The van der Waals surface area contributed by atoms with Crippen molar-refractivity contribution < 1.29 is 4.74 Å². The van der Waals surface area contributed by atoms with Crippen LogP contribution < -0.4 is 10.1 Å². The lowest BCUT2D eigenvalue weighted by atomic mass is 10.2.